The fraction of sp³-hybridized carbons (Fsp3) is 0.0811. The van der Waals surface area contributed by atoms with E-state index in [0.717, 1.165) is 60.7 Å². The van der Waals surface area contributed by atoms with Crippen LogP contribution in [-0.4, -0.2) is 14.5 Å². The van der Waals surface area contributed by atoms with Crippen LogP contribution in [0.5, 0.6) is 0 Å². The van der Waals surface area contributed by atoms with E-state index in [1.165, 1.54) is 16.7 Å². The molecule has 0 radical (unpaired) electrons. The van der Waals surface area contributed by atoms with Crippen molar-refractivity contribution in [1.29, 1.82) is 0 Å². The molecule has 0 fully saturated rings. The molecule has 0 aliphatic heterocycles. The van der Waals surface area contributed by atoms with E-state index in [-0.39, 0.29) is 5.41 Å². The molecule has 4 nitrogen and oxygen atoms in total. The van der Waals surface area contributed by atoms with Gasteiger partial charge >= 0.3 is 0 Å². The number of rotatable bonds is 2. The average molecular weight is 528 g/mol. The van der Waals surface area contributed by atoms with Crippen LogP contribution in [-0.2, 0) is 5.41 Å². The molecule has 1 aliphatic carbocycles. The van der Waals surface area contributed by atoms with Gasteiger partial charge in [-0.05, 0) is 17.7 Å². The van der Waals surface area contributed by atoms with Crippen molar-refractivity contribution in [3.8, 4) is 28.5 Å². The zero-order chi connectivity index (χ0) is 27.3. The predicted octanol–water partition coefficient (Wildman–Crippen LogP) is 9.45. The van der Waals surface area contributed by atoms with Gasteiger partial charge in [0.05, 0.1) is 16.7 Å². The van der Waals surface area contributed by atoms with Crippen molar-refractivity contribution in [3.05, 3.63) is 126 Å². The van der Waals surface area contributed by atoms with Crippen LogP contribution in [0.25, 0.3) is 72.2 Å². The summed E-state index contributed by atoms with van der Waals surface area (Å²) in [5, 5.41) is 4.45. The van der Waals surface area contributed by atoms with Crippen molar-refractivity contribution in [3.63, 3.8) is 0 Å². The smallest absolute Gasteiger partial charge is 0.235 e. The van der Waals surface area contributed by atoms with Gasteiger partial charge in [0.25, 0.3) is 0 Å². The molecule has 0 saturated heterocycles. The van der Waals surface area contributed by atoms with Crippen molar-refractivity contribution in [2.45, 2.75) is 19.3 Å². The summed E-state index contributed by atoms with van der Waals surface area (Å²) in [7, 11) is 0. The highest BCUT2D eigenvalue weighted by molar-refractivity contribution is 6.18. The molecule has 0 atom stereocenters. The Morgan fingerprint density at radius 2 is 1.34 bits per heavy atom. The number of hydrogen-bond acceptors (Lipinski definition) is 3. The number of para-hydroxylation sites is 2. The van der Waals surface area contributed by atoms with Crippen molar-refractivity contribution >= 4 is 43.7 Å². The highest BCUT2D eigenvalue weighted by Gasteiger charge is 2.40. The molecule has 4 heteroatoms. The first-order valence-electron chi connectivity index (χ1n) is 14.0. The van der Waals surface area contributed by atoms with Gasteiger partial charge in [0.2, 0.25) is 5.95 Å². The van der Waals surface area contributed by atoms with E-state index in [0.29, 0.717) is 5.95 Å². The van der Waals surface area contributed by atoms with Crippen LogP contribution < -0.4 is 0 Å². The molecule has 3 aromatic heterocycles. The van der Waals surface area contributed by atoms with Gasteiger partial charge in [-0.3, -0.25) is 4.57 Å². The highest BCUT2D eigenvalue weighted by Crippen LogP contribution is 2.54. The van der Waals surface area contributed by atoms with E-state index in [1.54, 1.807) is 0 Å². The molecule has 0 amide bonds. The summed E-state index contributed by atoms with van der Waals surface area (Å²) in [6, 6.07) is 40.2. The van der Waals surface area contributed by atoms with Crippen molar-refractivity contribution < 1.29 is 4.42 Å². The maximum atomic E-state index is 6.90. The van der Waals surface area contributed by atoms with Gasteiger partial charge in [0.1, 0.15) is 11.3 Å². The number of hydrogen-bond donors (Lipinski definition) is 0. The van der Waals surface area contributed by atoms with Gasteiger partial charge in [-0.15, -0.1) is 0 Å². The molecule has 8 aromatic rings. The maximum Gasteiger partial charge on any atom is 0.235 e. The second-order valence-corrected chi connectivity index (χ2v) is 11.4. The van der Waals surface area contributed by atoms with Crippen molar-refractivity contribution in [2.75, 3.05) is 0 Å². The molecule has 1 aliphatic rings. The Labute approximate surface area is 236 Å². The summed E-state index contributed by atoms with van der Waals surface area (Å²) in [6.07, 6.45) is 0. The minimum Gasteiger partial charge on any atom is -0.453 e. The number of benzene rings is 5. The SMILES string of the molecule is CC1(C)c2ccccc2-c2oc3c(ccc4c5ccccc5n(-c5nc(-c6ccccc6)c6ccccc6n5)c43)c21. The first kappa shape index (κ1) is 22.6. The van der Waals surface area contributed by atoms with Crippen molar-refractivity contribution in [1.82, 2.24) is 14.5 Å². The van der Waals surface area contributed by atoms with Crippen LogP contribution in [0.15, 0.2) is 120 Å². The van der Waals surface area contributed by atoms with Crippen molar-refractivity contribution in [2.24, 2.45) is 0 Å². The van der Waals surface area contributed by atoms with Gasteiger partial charge in [0.15, 0.2) is 5.58 Å². The Balaban J connectivity index is 1.44. The van der Waals surface area contributed by atoms with Crippen LogP contribution in [0, 0.1) is 0 Å². The molecule has 0 saturated carbocycles. The topological polar surface area (TPSA) is 43.9 Å². The second kappa shape index (κ2) is 7.92. The first-order valence-corrected chi connectivity index (χ1v) is 14.0. The minimum atomic E-state index is -0.165. The Kier molecular flexibility index (Phi) is 4.36. The van der Waals surface area contributed by atoms with Gasteiger partial charge in [-0.1, -0.05) is 117 Å². The largest absolute Gasteiger partial charge is 0.453 e. The highest BCUT2D eigenvalue weighted by atomic mass is 16.3. The number of fused-ring (bicyclic) bond motifs is 10. The molecular formula is C37H25N3O. The summed E-state index contributed by atoms with van der Waals surface area (Å²) in [4.78, 5) is 10.4. The van der Waals surface area contributed by atoms with E-state index >= 15 is 0 Å². The predicted molar refractivity (Wildman–Crippen MR) is 167 cm³/mol. The number of aromatic nitrogens is 3. The molecule has 9 rings (SSSR count). The van der Waals surface area contributed by atoms with Gasteiger partial charge in [-0.25, -0.2) is 9.97 Å². The quantitative estimate of drug-likeness (QED) is 0.225. The number of furan rings is 1. The van der Waals surface area contributed by atoms with E-state index in [4.69, 9.17) is 14.4 Å². The summed E-state index contributed by atoms with van der Waals surface area (Å²) < 4.78 is 9.10. The van der Waals surface area contributed by atoms with Crippen LogP contribution in [0.4, 0.5) is 0 Å². The molecule has 0 N–H and O–H groups in total. The summed E-state index contributed by atoms with van der Waals surface area (Å²) in [5.74, 6) is 1.60. The van der Waals surface area contributed by atoms with Gasteiger partial charge < -0.3 is 4.42 Å². The normalized spacial score (nSPS) is 13.8. The molecule has 5 aromatic carbocycles. The average Bonchev–Trinajstić information content (AvgIpc) is 3.64. The van der Waals surface area contributed by atoms with Crippen LogP contribution in [0.3, 0.4) is 0 Å². The lowest BCUT2D eigenvalue weighted by Crippen LogP contribution is -2.14. The van der Waals surface area contributed by atoms with E-state index < -0.39 is 0 Å². The summed E-state index contributed by atoms with van der Waals surface area (Å²) in [5.41, 5.74) is 9.39. The Morgan fingerprint density at radius 3 is 2.22 bits per heavy atom. The van der Waals surface area contributed by atoms with E-state index in [1.807, 2.05) is 18.2 Å². The minimum absolute atomic E-state index is 0.165. The third-order valence-electron chi connectivity index (χ3n) is 8.80. The third kappa shape index (κ3) is 2.94. The molecule has 0 bridgehead atoms. The Hall–Kier alpha value is -5.22. The third-order valence-corrected chi connectivity index (χ3v) is 8.80. The molecule has 194 valence electrons. The number of nitrogens with zero attached hydrogens (tertiary/aromatic N) is 3. The van der Waals surface area contributed by atoms with Crippen LogP contribution >= 0.6 is 0 Å². The fourth-order valence-corrected chi connectivity index (χ4v) is 6.96. The zero-order valence-corrected chi connectivity index (χ0v) is 22.7. The second-order valence-electron chi connectivity index (χ2n) is 11.4. The van der Waals surface area contributed by atoms with Gasteiger partial charge in [-0.2, -0.15) is 0 Å². The lowest BCUT2D eigenvalue weighted by molar-refractivity contribution is 0.620. The maximum absolute atomic E-state index is 6.90. The molecule has 0 spiro atoms. The molecule has 0 unspecified atom stereocenters. The van der Waals surface area contributed by atoms with E-state index in [9.17, 15) is 0 Å². The zero-order valence-electron chi connectivity index (χ0n) is 22.7. The van der Waals surface area contributed by atoms with E-state index in [2.05, 4.69) is 115 Å². The lowest BCUT2D eigenvalue weighted by atomic mass is 9.81. The molecule has 41 heavy (non-hydrogen) atoms. The molecular weight excluding hydrogens is 502 g/mol. The standard InChI is InChI=1S/C37H25N3O/c1-37(2)28-17-9-6-15-25(28)34-31(37)27-21-20-24-23-14-8-11-19-30(23)40(33(24)35(27)41-34)36-38-29-18-10-7-16-26(29)32(39-36)22-12-4-3-5-13-22/h3-21H,1-2H3. The summed E-state index contributed by atoms with van der Waals surface area (Å²) >= 11 is 0. The van der Waals surface area contributed by atoms with Gasteiger partial charge in [0, 0.05) is 43.7 Å². The Bertz CT molecular complexity index is 2340. The lowest BCUT2D eigenvalue weighted by Gasteiger charge is -2.20. The van der Waals surface area contributed by atoms with Crippen LogP contribution in [0.2, 0.25) is 0 Å². The van der Waals surface area contributed by atoms with Crippen LogP contribution in [0.1, 0.15) is 25.0 Å². The first-order chi connectivity index (χ1) is 20.1. The monoisotopic (exact) mass is 527 g/mol. The molecule has 3 heterocycles. The fourth-order valence-electron chi connectivity index (χ4n) is 6.96. The Morgan fingerprint density at radius 1 is 0.634 bits per heavy atom. The summed E-state index contributed by atoms with van der Waals surface area (Å²) in [6.45, 7) is 4.59.